The average Bonchev–Trinajstić information content (AvgIpc) is 2.43. The molecule has 0 radical (unpaired) electrons. The Kier molecular flexibility index (Phi) is 6.27. The van der Waals surface area contributed by atoms with Gasteiger partial charge in [-0.05, 0) is 48.4 Å². The van der Waals surface area contributed by atoms with E-state index < -0.39 is 0 Å². The van der Waals surface area contributed by atoms with Crippen LogP contribution in [0, 0.1) is 0 Å². The van der Waals surface area contributed by atoms with Crippen LogP contribution < -0.4 is 5.32 Å². The van der Waals surface area contributed by atoms with E-state index in [9.17, 15) is 0 Å². The molecule has 0 fully saturated rings. The second kappa shape index (κ2) is 7.96. The molecule has 2 aromatic carbocycles. The molecule has 0 saturated heterocycles. The Balaban J connectivity index is 2.19. The van der Waals surface area contributed by atoms with Gasteiger partial charge in [-0.1, -0.05) is 63.0 Å². The van der Waals surface area contributed by atoms with Crippen molar-refractivity contribution in [3.8, 4) is 0 Å². The molecule has 0 aromatic heterocycles. The highest BCUT2D eigenvalue weighted by atomic mass is 79.9. The summed E-state index contributed by atoms with van der Waals surface area (Å²) in [6.07, 6.45) is 1.04. The van der Waals surface area contributed by atoms with Crippen LogP contribution in [0.3, 0.4) is 0 Å². The Labute approximate surface area is 138 Å². The molecule has 1 N–H and O–H groups in total. The van der Waals surface area contributed by atoms with Crippen LogP contribution in [-0.2, 0) is 6.42 Å². The third-order valence-electron chi connectivity index (χ3n) is 3.33. The summed E-state index contributed by atoms with van der Waals surface area (Å²) in [5, 5.41) is 3.47. The van der Waals surface area contributed by atoms with Crippen molar-refractivity contribution < 1.29 is 0 Å². The van der Waals surface area contributed by atoms with E-state index >= 15 is 0 Å². The van der Waals surface area contributed by atoms with Gasteiger partial charge in [-0.25, -0.2) is 0 Å². The molecule has 1 nitrogen and oxygen atoms in total. The first-order valence-electron chi connectivity index (χ1n) is 6.89. The summed E-state index contributed by atoms with van der Waals surface area (Å²) < 4.78 is 2.29. The topological polar surface area (TPSA) is 12.0 Å². The van der Waals surface area contributed by atoms with E-state index in [0.29, 0.717) is 5.92 Å². The van der Waals surface area contributed by atoms with E-state index in [2.05, 4.69) is 92.6 Å². The summed E-state index contributed by atoms with van der Waals surface area (Å²) in [6, 6.07) is 17.2. The molecule has 0 aliphatic carbocycles. The van der Waals surface area contributed by atoms with Crippen molar-refractivity contribution in [2.24, 2.45) is 0 Å². The highest BCUT2D eigenvalue weighted by molar-refractivity contribution is 9.10. The van der Waals surface area contributed by atoms with E-state index in [1.54, 1.807) is 0 Å². The molecule has 0 heterocycles. The van der Waals surface area contributed by atoms with Crippen LogP contribution in [0.25, 0.3) is 0 Å². The van der Waals surface area contributed by atoms with Crippen LogP contribution in [0.4, 0.5) is 0 Å². The SMILES string of the molecule is CCNCC(Cc1cccc(Br)c1)c1cccc(Br)c1. The number of halogens is 2. The maximum Gasteiger partial charge on any atom is 0.0178 e. The van der Waals surface area contributed by atoms with Gasteiger partial charge in [-0.3, -0.25) is 0 Å². The van der Waals surface area contributed by atoms with Gasteiger partial charge >= 0.3 is 0 Å². The fourth-order valence-corrected chi connectivity index (χ4v) is 3.20. The summed E-state index contributed by atoms with van der Waals surface area (Å²) in [5.74, 6) is 0.488. The summed E-state index contributed by atoms with van der Waals surface area (Å²) in [5.41, 5.74) is 2.74. The summed E-state index contributed by atoms with van der Waals surface area (Å²) in [4.78, 5) is 0. The summed E-state index contributed by atoms with van der Waals surface area (Å²) >= 11 is 7.12. The quantitative estimate of drug-likeness (QED) is 0.711. The minimum Gasteiger partial charge on any atom is -0.316 e. The zero-order chi connectivity index (χ0) is 14.4. The molecular formula is C17H19Br2N. The van der Waals surface area contributed by atoms with Crippen LogP contribution in [0.5, 0.6) is 0 Å². The van der Waals surface area contributed by atoms with Gasteiger partial charge in [0, 0.05) is 21.4 Å². The molecule has 0 aliphatic rings. The maximum absolute atomic E-state index is 3.57. The highest BCUT2D eigenvalue weighted by Gasteiger charge is 2.12. The van der Waals surface area contributed by atoms with E-state index in [1.165, 1.54) is 11.1 Å². The maximum atomic E-state index is 3.57. The van der Waals surface area contributed by atoms with Crippen LogP contribution in [0.2, 0.25) is 0 Å². The zero-order valence-electron chi connectivity index (χ0n) is 11.6. The molecule has 20 heavy (non-hydrogen) atoms. The van der Waals surface area contributed by atoms with Gasteiger partial charge < -0.3 is 5.32 Å². The molecule has 1 unspecified atom stereocenters. The number of hydrogen-bond acceptors (Lipinski definition) is 1. The number of hydrogen-bond donors (Lipinski definition) is 1. The first kappa shape index (κ1) is 15.7. The lowest BCUT2D eigenvalue weighted by Gasteiger charge is -2.18. The van der Waals surface area contributed by atoms with Gasteiger partial charge in [-0.2, -0.15) is 0 Å². The van der Waals surface area contributed by atoms with Crippen LogP contribution in [0.15, 0.2) is 57.5 Å². The molecular weight excluding hydrogens is 378 g/mol. The number of nitrogens with one attached hydrogen (secondary N) is 1. The Bertz CT molecular complexity index is 554. The number of likely N-dealkylation sites (N-methyl/N-ethyl adjacent to an activating group) is 1. The average molecular weight is 397 g/mol. The Morgan fingerprint density at radius 1 is 1.00 bits per heavy atom. The largest absolute Gasteiger partial charge is 0.316 e. The fraction of sp³-hybridized carbons (Fsp3) is 0.294. The normalized spacial score (nSPS) is 12.3. The minimum absolute atomic E-state index is 0.488. The van der Waals surface area contributed by atoms with E-state index in [-0.39, 0.29) is 0 Å². The molecule has 106 valence electrons. The smallest absolute Gasteiger partial charge is 0.0178 e. The second-order valence-corrected chi connectivity index (χ2v) is 6.73. The minimum atomic E-state index is 0.488. The lowest BCUT2D eigenvalue weighted by Crippen LogP contribution is -2.22. The van der Waals surface area contributed by atoms with Gasteiger partial charge in [0.05, 0.1) is 0 Å². The van der Waals surface area contributed by atoms with Gasteiger partial charge in [0.1, 0.15) is 0 Å². The first-order valence-corrected chi connectivity index (χ1v) is 8.48. The molecule has 0 aliphatic heterocycles. The third-order valence-corrected chi connectivity index (χ3v) is 4.32. The lowest BCUT2D eigenvalue weighted by molar-refractivity contribution is 0.594. The van der Waals surface area contributed by atoms with Gasteiger partial charge in [-0.15, -0.1) is 0 Å². The van der Waals surface area contributed by atoms with Crippen molar-refractivity contribution in [1.29, 1.82) is 0 Å². The zero-order valence-corrected chi connectivity index (χ0v) is 14.7. The number of benzene rings is 2. The molecule has 2 rings (SSSR count). The van der Waals surface area contributed by atoms with Crippen LogP contribution >= 0.6 is 31.9 Å². The monoisotopic (exact) mass is 395 g/mol. The third kappa shape index (κ3) is 4.72. The lowest BCUT2D eigenvalue weighted by atomic mass is 9.92. The molecule has 3 heteroatoms. The molecule has 0 saturated carbocycles. The predicted molar refractivity (Wildman–Crippen MR) is 93.3 cm³/mol. The fourth-order valence-electron chi connectivity index (χ4n) is 2.34. The Hall–Kier alpha value is -0.640. The molecule has 2 aromatic rings. The van der Waals surface area contributed by atoms with E-state index in [4.69, 9.17) is 0 Å². The van der Waals surface area contributed by atoms with Crippen LogP contribution in [-0.4, -0.2) is 13.1 Å². The predicted octanol–water partition coefficient (Wildman–Crippen LogP) is 5.15. The number of rotatable bonds is 6. The second-order valence-electron chi connectivity index (χ2n) is 4.89. The summed E-state index contributed by atoms with van der Waals surface area (Å²) in [7, 11) is 0. The molecule has 0 bridgehead atoms. The van der Waals surface area contributed by atoms with Crippen molar-refractivity contribution in [2.75, 3.05) is 13.1 Å². The van der Waals surface area contributed by atoms with Crippen molar-refractivity contribution in [3.63, 3.8) is 0 Å². The Morgan fingerprint density at radius 2 is 1.70 bits per heavy atom. The van der Waals surface area contributed by atoms with Gasteiger partial charge in [0.15, 0.2) is 0 Å². The van der Waals surface area contributed by atoms with Gasteiger partial charge in [0.25, 0.3) is 0 Å². The van der Waals surface area contributed by atoms with Crippen molar-refractivity contribution >= 4 is 31.9 Å². The van der Waals surface area contributed by atoms with E-state index in [0.717, 1.165) is 28.5 Å². The van der Waals surface area contributed by atoms with Crippen LogP contribution in [0.1, 0.15) is 24.0 Å². The first-order chi connectivity index (χ1) is 9.69. The summed E-state index contributed by atoms with van der Waals surface area (Å²) in [6.45, 7) is 4.15. The molecule has 0 amide bonds. The van der Waals surface area contributed by atoms with Crippen molar-refractivity contribution in [1.82, 2.24) is 5.32 Å². The highest BCUT2D eigenvalue weighted by Crippen LogP contribution is 2.24. The molecule has 1 atom stereocenters. The standard InChI is InChI=1S/C17H19Br2N/c1-2-20-12-15(14-6-4-8-17(19)11-14)9-13-5-3-7-16(18)10-13/h3-8,10-11,15,20H,2,9,12H2,1H3. The van der Waals surface area contributed by atoms with Gasteiger partial charge in [0.2, 0.25) is 0 Å². The van der Waals surface area contributed by atoms with Crippen molar-refractivity contribution in [2.45, 2.75) is 19.3 Å². The van der Waals surface area contributed by atoms with Crippen molar-refractivity contribution in [3.05, 3.63) is 68.6 Å². The molecule has 0 spiro atoms. The Morgan fingerprint density at radius 3 is 2.35 bits per heavy atom. The van der Waals surface area contributed by atoms with E-state index in [1.807, 2.05) is 0 Å².